The van der Waals surface area contributed by atoms with E-state index in [1.165, 1.54) is 0 Å². The van der Waals surface area contributed by atoms with Gasteiger partial charge in [0.05, 0.1) is 6.26 Å². The fraction of sp³-hybridized carbons (Fsp3) is 0.818. The summed E-state index contributed by atoms with van der Waals surface area (Å²) in [5.41, 5.74) is 0.976. The molecule has 0 radical (unpaired) electrons. The molecule has 0 aliphatic heterocycles. The highest BCUT2D eigenvalue weighted by Crippen LogP contribution is 2.15. The maximum absolute atomic E-state index is 11.6. The molecule has 0 amide bonds. The van der Waals surface area contributed by atoms with Crippen LogP contribution in [0, 0.1) is 0 Å². The van der Waals surface area contributed by atoms with Gasteiger partial charge in [-0.3, -0.25) is 0 Å². The molecule has 3 nitrogen and oxygen atoms in total. The van der Waals surface area contributed by atoms with Gasteiger partial charge >= 0.3 is 0 Å². The van der Waals surface area contributed by atoms with Crippen molar-refractivity contribution in [2.24, 2.45) is 0 Å². The number of allylic oxidation sites excluding steroid dienone is 1. The van der Waals surface area contributed by atoms with Crippen molar-refractivity contribution in [3.8, 4) is 0 Å². The maximum atomic E-state index is 11.6. The maximum Gasteiger partial charge on any atom is 0.280 e. The Balaban J connectivity index is 4.60. The molecule has 6 heteroatoms. The lowest BCUT2D eigenvalue weighted by molar-refractivity contribution is 0.472. The van der Waals surface area contributed by atoms with Crippen LogP contribution in [0.3, 0.4) is 0 Å². The standard InChI is InChI=1S/C11H24O3Si3/c1-6-15(12)9-11(10-16(13)7-2)8-14-17(3,4)5/h8H,6-7,9-10H2,1-5H3. The monoisotopic (exact) mass is 288 g/mol. The summed E-state index contributed by atoms with van der Waals surface area (Å²) >= 11 is 0. The highest BCUT2D eigenvalue weighted by atomic mass is 28.4. The highest BCUT2D eigenvalue weighted by molar-refractivity contribution is 6.69. The lowest BCUT2D eigenvalue weighted by Gasteiger charge is -2.16. The predicted octanol–water partition coefficient (Wildman–Crippen LogP) is 3.61. The van der Waals surface area contributed by atoms with E-state index >= 15 is 0 Å². The van der Waals surface area contributed by atoms with Gasteiger partial charge in [-0.05, 0) is 37.3 Å². The molecular formula is C11H24O3Si3. The highest BCUT2D eigenvalue weighted by Gasteiger charge is 2.16. The molecule has 0 aromatic heterocycles. The van der Waals surface area contributed by atoms with Crippen molar-refractivity contribution >= 4 is 25.7 Å². The third-order valence-corrected chi connectivity index (χ3v) is 6.32. The Bertz CT molecular complexity index is 286. The molecule has 0 spiro atoms. The summed E-state index contributed by atoms with van der Waals surface area (Å²) in [6, 6.07) is 2.56. The lowest BCUT2D eigenvalue weighted by atomic mass is 10.4. The van der Waals surface area contributed by atoms with Crippen molar-refractivity contribution in [1.82, 2.24) is 0 Å². The van der Waals surface area contributed by atoms with Gasteiger partial charge in [0.25, 0.3) is 17.4 Å². The van der Waals surface area contributed by atoms with Crippen LogP contribution in [0.1, 0.15) is 13.8 Å². The van der Waals surface area contributed by atoms with Gasteiger partial charge in [0, 0.05) is 12.1 Å². The van der Waals surface area contributed by atoms with Gasteiger partial charge in [0.15, 0.2) is 0 Å². The largest absolute Gasteiger partial charge is 0.550 e. The average molecular weight is 289 g/mol. The van der Waals surface area contributed by atoms with Gasteiger partial charge in [-0.1, -0.05) is 13.8 Å². The van der Waals surface area contributed by atoms with E-state index in [1.54, 1.807) is 6.26 Å². The Morgan fingerprint density at radius 1 is 1.06 bits per heavy atom. The summed E-state index contributed by atoms with van der Waals surface area (Å²) in [4.78, 5) is 0. The molecular weight excluding hydrogens is 264 g/mol. The number of rotatable bonds is 8. The normalized spacial score (nSPS) is 10.9. The molecule has 0 unspecified atom stereocenters. The number of hydrogen-bond donors (Lipinski definition) is 0. The first-order valence-electron chi connectivity index (χ1n) is 6.17. The second-order valence-corrected chi connectivity index (χ2v) is 13.9. The number of hydrogen-bond acceptors (Lipinski definition) is 3. The van der Waals surface area contributed by atoms with Crippen LogP contribution in [0.25, 0.3) is 0 Å². The molecule has 0 saturated heterocycles. The molecule has 0 fully saturated rings. The van der Waals surface area contributed by atoms with Crippen molar-refractivity contribution in [3.63, 3.8) is 0 Å². The third kappa shape index (κ3) is 9.49. The zero-order chi connectivity index (χ0) is 13.5. The Morgan fingerprint density at radius 3 is 1.76 bits per heavy atom. The molecule has 0 aliphatic rings. The molecule has 0 aromatic rings. The van der Waals surface area contributed by atoms with Crippen LogP contribution >= 0.6 is 0 Å². The smallest absolute Gasteiger partial charge is 0.280 e. The Morgan fingerprint density at radius 2 is 1.47 bits per heavy atom. The predicted molar refractivity (Wildman–Crippen MR) is 76.0 cm³/mol. The van der Waals surface area contributed by atoms with Crippen molar-refractivity contribution in [2.45, 2.75) is 57.7 Å². The van der Waals surface area contributed by atoms with Crippen molar-refractivity contribution in [1.29, 1.82) is 0 Å². The van der Waals surface area contributed by atoms with E-state index in [0.29, 0.717) is 24.2 Å². The first-order valence-corrected chi connectivity index (χ1v) is 13.2. The summed E-state index contributed by atoms with van der Waals surface area (Å²) in [6.45, 7) is 10.2. The summed E-state index contributed by atoms with van der Waals surface area (Å²) in [6.07, 6.45) is 1.74. The molecule has 0 heterocycles. The van der Waals surface area contributed by atoms with E-state index < -0.39 is 25.7 Å². The molecule has 0 rings (SSSR count). The van der Waals surface area contributed by atoms with E-state index in [0.717, 1.165) is 5.57 Å². The second kappa shape index (κ2) is 7.99. The van der Waals surface area contributed by atoms with Crippen LogP contribution in [-0.2, 0) is 13.3 Å². The molecule has 0 saturated carbocycles. The van der Waals surface area contributed by atoms with Crippen LogP contribution in [-0.4, -0.2) is 25.7 Å². The fourth-order valence-corrected chi connectivity index (χ4v) is 3.86. The van der Waals surface area contributed by atoms with E-state index in [-0.39, 0.29) is 0 Å². The minimum atomic E-state index is -1.60. The van der Waals surface area contributed by atoms with Crippen LogP contribution in [0.15, 0.2) is 11.8 Å². The molecule has 0 N–H and O–H groups in total. The zero-order valence-electron chi connectivity index (χ0n) is 11.6. The molecule has 0 aliphatic carbocycles. The van der Waals surface area contributed by atoms with E-state index in [1.807, 2.05) is 13.8 Å². The van der Waals surface area contributed by atoms with Gasteiger partial charge in [-0.2, -0.15) is 0 Å². The van der Waals surface area contributed by atoms with Crippen molar-refractivity contribution in [2.75, 3.05) is 0 Å². The summed E-state index contributed by atoms with van der Waals surface area (Å²) < 4.78 is 29.0. The summed E-state index contributed by atoms with van der Waals surface area (Å²) in [7, 11) is -4.71. The van der Waals surface area contributed by atoms with Crippen LogP contribution in [0.4, 0.5) is 0 Å². The Labute approximate surface area is 109 Å². The van der Waals surface area contributed by atoms with Crippen molar-refractivity contribution in [3.05, 3.63) is 11.8 Å². The Kier molecular flexibility index (Phi) is 7.89. The second-order valence-electron chi connectivity index (χ2n) is 5.14. The molecule has 0 aromatic carbocycles. The van der Waals surface area contributed by atoms with Crippen LogP contribution in [0.2, 0.25) is 43.8 Å². The third-order valence-electron chi connectivity index (χ3n) is 2.22. The quantitative estimate of drug-likeness (QED) is 0.506. The Hall–Kier alpha value is -0.209. The first-order chi connectivity index (χ1) is 7.78. The molecule has 0 atom stereocenters. The lowest BCUT2D eigenvalue weighted by Crippen LogP contribution is -2.22. The molecule has 0 bridgehead atoms. The average Bonchev–Trinajstić information content (AvgIpc) is 2.24. The van der Waals surface area contributed by atoms with Gasteiger partial charge in [0.2, 0.25) is 8.32 Å². The van der Waals surface area contributed by atoms with Crippen LogP contribution in [0.5, 0.6) is 0 Å². The van der Waals surface area contributed by atoms with Crippen molar-refractivity contribution < 1.29 is 13.3 Å². The molecule has 98 valence electrons. The van der Waals surface area contributed by atoms with Gasteiger partial charge < -0.3 is 13.3 Å². The summed E-state index contributed by atoms with van der Waals surface area (Å²) in [5, 5.41) is 0. The van der Waals surface area contributed by atoms with E-state index in [4.69, 9.17) is 4.43 Å². The van der Waals surface area contributed by atoms with Gasteiger partial charge in [0.1, 0.15) is 0 Å². The minimum Gasteiger partial charge on any atom is -0.550 e. The minimum absolute atomic E-state index is 0.571. The van der Waals surface area contributed by atoms with Gasteiger partial charge in [-0.15, -0.1) is 0 Å². The van der Waals surface area contributed by atoms with E-state index in [9.17, 15) is 8.92 Å². The summed E-state index contributed by atoms with van der Waals surface area (Å²) in [5.74, 6) is 0. The fourth-order valence-electron chi connectivity index (χ4n) is 1.16. The first kappa shape index (κ1) is 16.8. The molecule has 17 heavy (non-hydrogen) atoms. The topological polar surface area (TPSA) is 43.4 Å². The zero-order valence-corrected chi connectivity index (χ0v) is 14.6. The SMILES string of the molecule is CC[Si](=O)CC(=CO[Si](C)(C)C)C[Si](=O)CC. The van der Waals surface area contributed by atoms with E-state index in [2.05, 4.69) is 19.6 Å². The van der Waals surface area contributed by atoms with Gasteiger partial charge in [-0.25, -0.2) is 0 Å². The van der Waals surface area contributed by atoms with Crippen LogP contribution < -0.4 is 0 Å².